The van der Waals surface area contributed by atoms with Gasteiger partial charge in [-0.15, -0.1) is 0 Å². The normalized spacial score (nSPS) is 16.8. The van der Waals surface area contributed by atoms with Crippen molar-refractivity contribution in [3.05, 3.63) is 35.9 Å². The van der Waals surface area contributed by atoms with Crippen molar-refractivity contribution in [2.75, 3.05) is 26.4 Å². The minimum absolute atomic E-state index is 0.0707. The minimum Gasteiger partial charge on any atom is -0.362 e. The quantitative estimate of drug-likeness (QED) is 0.466. The predicted octanol–water partition coefficient (Wildman–Crippen LogP) is 5.00. The summed E-state index contributed by atoms with van der Waals surface area (Å²) in [5.41, 5.74) is 1.22. The van der Waals surface area contributed by atoms with Crippen LogP contribution in [0.5, 0.6) is 0 Å². The maximum Gasteiger partial charge on any atom is 0.389 e. The Morgan fingerprint density at radius 2 is 1.33 bits per heavy atom. The molecule has 27 heavy (non-hydrogen) atoms. The zero-order chi connectivity index (χ0) is 20.0. The van der Waals surface area contributed by atoms with Crippen LogP contribution in [0.3, 0.4) is 0 Å². The Labute approximate surface area is 160 Å². The summed E-state index contributed by atoms with van der Waals surface area (Å²) in [7, 11) is -8.17. The van der Waals surface area contributed by atoms with E-state index < -0.39 is 20.3 Å². The van der Waals surface area contributed by atoms with Gasteiger partial charge in [0.05, 0.1) is 38.6 Å². The zero-order valence-electron chi connectivity index (χ0n) is 16.1. The Bertz CT molecular complexity index is 688. The summed E-state index contributed by atoms with van der Waals surface area (Å²) in [5, 5.41) is 2.08. The summed E-state index contributed by atoms with van der Waals surface area (Å²) < 4.78 is 49.4. The van der Waals surface area contributed by atoms with Crippen LogP contribution in [0.25, 0.3) is 0 Å². The molecule has 0 unspecified atom stereocenters. The first-order valence-corrected chi connectivity index (χ1v) is 12.1. The first-order chi connectivity index (χ1) is 12.9. The van der Waals surface area contributed by atoms with Crippen molar-refractivity contribution >= 4 is 20.9 Å². The van der Waals surface area contributed by atoms with E-state index in [0.29, 0.717) is 5.71 Å². The molecule has 0 fully saturated rings. The van der Waals surface area contributed by atoms with Crippen molar-refractivity contribution in [3.8, 4) is 0 Å². The number of rotatable bonds is 11. The van der Waals surface area contributed by atoms with Gasteiger partial charge >= 0.3 is 20.3 Å². The molecule has 0 aliphatic carbocycles. The first kappa shape index (κ1) is 22.3. The molecule has 0 atom stereocenters. The van der Waals surface area contributed by atoms with Crippen molar-refractivity contribution in [1.82, 2.24) is 0 Å². The van der Waals surface area contributed by atoms with Crippen molar-refractivity contribution in [1.29, 1.82) is 0 Å². The predicted molar refractivity (Wildman–Crippen MR) is 103 cm³/mol. The average Bonchev–Trinajstić information content (AvgIpc) is 3.11. The van der Waals surface area contributed by atoms with E-state index in [1.165, 1.54) is 0 Å². The van der Waals surface area contributed by atoms with Crippen molar-refractivity contribution in [2.45, 2.75) is 39.2 Å². The van der Waals surface area contributed by atoms with Crippen molar-refractivity contribution in [3.63, 3.8) is 0 Å². The lowest BCUT2D eigenvalue weighted by molar-refractivity contribution is 0.0382. The van der Waals surface area contributed by atoms with Crippen LogP contribution in [0.15, 0.2) is 35.5 Å². The molecular weight excluding hydrogens is 392 g/mol. The molecule has 0 bridgehead atoms. The molecule has 1 aromatic rings. The molecule has 1 heterocycles. The van der Waals surface area contributed by atoms with E-state index in [4.69, 9.17) is 22.9 Å². The van der Waals surface area contributed by atoms with Gasteiger partial charge in [0.2, 0.25) is 0 Å². The Morgan fingerprint density at radius 1 is 0.889 bits per heavy atom. The molecule has 1 aromatic carbocycles. The number of nitrogens with zero attached hydrogens (tertiary/aromatic N) is 1. The molecule has 8 nitrogen and oxygen atoms in total. The molecular formula is C17H27NO7P2. The number of oxime groups is 1. The summed E-state index contributed by atoms with van der Waals surface area (Å²) in [6.07, 6.45) is -0.0917. The monoisotopic (exact) mass is 419 g/mol. The van der Waals surface area contributed by atoms with Crippen molar-refractivity contribution in [2.24, 2.45) is 5.16 Å². The lowest BCUT2D eigenvalue weighted by atomic mass is 10.1. The fraction of sp³-hybridized carbons (Fsp3) is 0.588. The molecule has 1 aliphatic rings. The molecule has 1 aliphatic heterocycles. The SMILES string of the molecule is CCOP(=O)(OCC)C1(P(=O)(OCC)OCC)CC(c2ccccc2)=NO1. The highest BCUT2D eigenvalue weighted by Gasteiger charge is 2.71. The van der Waals surface area contributed by atoms with Gasteiger partial charge in [0.15, 0.2) is 0 Å². The van der Waals surface area contributed by atoms with Gasteiger partial charge in [-0.25, -0.2) is 0 Å². The molecule has 0 spiro atoms. The second kappa shape index (κ2) is 9.46. The van der Waals surface area contributed by atoms with E-state index >= 15 is 0 Å². The summed E-state index contributed by atoms with van der Waals surface area (Å²) in [6.45, 7) is 6.95. The van der Waals surface area contributed by atoms with E-state index in [-0.39, 0.29) is 32.8 Å². The largest absolute Gasteiger partial charge is 0.389 e. The van der Waals surface area contributed by atoms with Crippen LogP contribution in [0.4, 0.5) is 0 Å². The molecule has 0 aromatic heterocycles. The lowest BCUT2D eigenvalue weighted by Crippen LogP contribution is -2.33. The van der Waals surface area contributed by atoms with Crippen LogP contribution in [0.1, 0.15) is 39.7 Å². The highest BCUT2D eigenvalue weighted by atomic mass is 31.2. The number of hydrogen-bond donors (Lipinski definition) is 0. The minimum atomic E-state index is -4.09. The van der Waals surface area contributed by atoms with Gasteiger partial charge in [-0.05, 0) is 33.3 Å². The highest BCUT2D eigenvalue weighted by molar-refractivity contribution is 7.74. The maximum atomic E-state index is 13.7. The van der Waals surface area contributed by atoms with Gasteiger partial charge in [-0.1, -0.05) is 35.5 Å². The van der Waals surface area contributed by atoms with Gasteiger partial charge in [0, 0.05) is 0 Å². The first-order valence-electron chi connectivity index (χ1n) is 9.00. The topological polar surface area (TPSA) is 92.7 Å². The van der Waals surface area contributed by atoms with E-state index in [1.54, 1.807) is 27.7 Å². The second-order valence-electron chi connectivity index (χ2n) is 5.58. The molecule has 0 saturated heterocycles. The Morgan fingerprint density at radius 3 is 1.74 bits per heavy atom. The second-order valence-corrected chi connectivity index (χ2v) is 10.4. The third-order valence-corrected chi connectivity index (χ3v) is 9.91. The number of benzene rings is 1. The van der Waals surface area contributed by atoms with Crippen LogP contribution >= 0.6 is 15.2 Å². The fourth-order valence-corrected chi connectivity index (χ4v) is 7.97. The number of hydrogen-bond acceptors (Lipinski definition) is 8. The van der Waals surface area contributed by atoms with Crippen LogP contribution in [0, 0.1) is 0 Å². The Balaban J connectivity index is 2.57. The summed E-state index contributed by atoms with van der Waals surface area (Å²) in [5.74, 6) is 0. The third-order valence-electron chi connectivity index (χ3n) is 3.86. The highest BCUT2D eigenvalue weighted by Crippen LogP contribution is 2.80. The average molecular weight is 419 g/mol. The standard InChI is InChI=1S/C17H27NO7P2/c1-5-21-26(19,22-6-2)17(27(20,23-7-3)24-8-4)14-16(18-25-17)15-12-10-9-11-13-15/h9-13H,5-8,14H2,1-4H3. The molecule has 0 radical (unpaired) electrons. The van der Waals surface area contributed by atoms with E-state index in [1.807, 2.05) is 30.3 Å². The van der Waals surface area contributed by atoms with Gasteiger partial charge < -0.3 is 22.9 Å². The maximum absolute atomic E-state index is 13.7. The van der Waals surface area contributed by atoms with E-state index in [2.05, 4.69) is 5.16 Å². The van der Waals surface area contributed by atoms with Crippen LogP contribution in [0.2, 0.25) is 0 Å². The Kier molecular flexibility index (Phi) is 7.81. The van der Waals surface area contributed by atoms with Crippen LogP contribution in [-0.2, 0) is 32.1 Å². The summed E-state index contributed by atoms with van der Waals surface area (Å²) in [6, 6.07) is 9.21. The third kappa shape index (κ3) is 4.21. The van der Waals surface area contributed by atoms with E-state index in [0.717, 1.165) is 5.56 Å². The molecule has 152 valence electrons. The summed E-state index contributed by atoms with van der Waals surface area (Å²) in [4.78, 5) is 5.61. The molecule has 0 N–H and O–H groups in total. The molecule has 0 amide bonds. The Hall–Kier alpha value is -1.01. The van der Waals surface area contributed by atoms with E-state index in [9.17, 15) is 9.13 Å². The van der Waals surface area contributed by atoms with Gasteiger partial charge in [0.1, 0.15) is 0 Å². The molecule has 10 heteroatoms. The zero-order valence-corrected chi connectivity index (χ0v) is 17.9. The van der Waals surface area contributed by atoms with Crippen LogP contribution in [-0.4, -0.2) is 37.2 Å². The lowest BCUT2D eigenvalue weighted by Gasteiger charge is -2.37. The van der Waals surface area contributed by atoms with Gasteiger partial charge in [-0.3, -0.25) is 9.13 Å². The molecule has 2 rings (SSSR count). The molecule has 0 saturated carbocycles. The fourth-order valence-electron chi connectivity index (χ4n) is 2.80. The van der Waals surface area contributed by atoms with Crippen LogP contribution < -0.4 is 0 Å². The summed E-state index contributed by atoms with van der Waals surface area (Å²) >= 11 is 0. The smallest absolute Gasteiger partial charge is 0.362 e. The van der Waals surface area contributed by atoms with Gasteiger partial charge in [-0.2, -0.15) is 0 Å². The van der Waals surface area contributed by atoms with Crippen molar-refractivity contribution < 1.29 is 32.1 Å². The van der Waals surface area contributed by atoms with Gasteiger partial charge in [0.25, 0.3) is 0 Å².